The molecular weight excluding hydrogens is 332 g/mol. The third-order valence-corrected chi connectivity index (χ3v) is 6.73. The molecule has 3 fully saturated rings. The molecule has 0 bridgehead atoms. The highest BCUT2D eigenvalue weighted by atomic mass is 16.5. The summed E-state index contributed by atoms with van der Waals surface area (Å²) in [5.41, 5.74) is 5.41. The first-order valence-corrected chi connectivity index (χ1v) is 10.3. The van der Waals surface area contributed by atoms with E-state index in [0.29, 0.717) is 19.6 Å². The number of hydrogen-bond acceptors (Lipinski definition) is 5. The van der Waals surface area contributed by atoms with Crippen LogP contribution in [0.5, 0.6) is 0 Å². The monoisotopic (exact) mass is 368 g/mol. The Morgan fingerprint density at radius 1 is 1.19 bits per heavy atom. The van der Waals surface area contributed by atoms with Gasteiger partial charge in [-0.2, -0.15) is 0 Å². The number of nitrogens with zero attached hydrogens (tertiary/aromatic N) is 1. The van der Waals surface area contributed by atoms with Crippen molar-refractivity contribution in [1.29, 1.82) is 0 Å². The van der Waals surface area contributed by atoms with Gasteiger partial charge in [0, 0.05) is 38.1 Å². The van der Waals surface area contributed by atoms with Gasteiger partial charge in [-0.3, -0.25) is 4.79 Å². The van der Waals surface area contributed by atoms with Crippen LogP contribution < -0.4 is 5.73 Å². The third kappa shape index (κ3) is 3.79. The molecule has 2 aliphatic heterocycles. The van der Waals surface area contributed by atoms with Crippen molar-refractivity contribution < 1.29 is 19.0 Å². The van der Waals surface area contributed by atoms with Crippen molar-refractivity contribution in [2.45, 2.75) is 83.1 Å². The van der Waals surface area contributed by atoms with Crippen LogP contribution in [0.2, 0.25) is 0 Å². The van der Waals surface area contributed by atoms with E-state index in [9.17, 15) is 4.79 Å². The average Bonchev–Trinajstić information content (AvgIpc) is 2.66. The van der Waals surface area contributed by atoms with Crippen LogP contribution in [-0.2, 0) is 19.0 Å². The largest absolute Gasteiger partial charge is 0.378 e. The molecule has 3 unspecified atom stereocenters. The van der Waals surface area contributed by atoms with E-state index < -0.39 is 5.54 Å². The molecule has 1 amide bonds. The molecule has 3 atom stereocenters. The zero-order valence-electron chi connectivity index (χ0n) is 16.7. The summed E-state index contributed by atoms with van der Waals surface area (Å²) in [7, 11) is 0. The number of hydrogen-bond donors (Lipinski definition) is 1. The highest BCUT2D eigenvalue weighted by Crippen LogP contribution is 2.50. The molecule has 2 saturated heterocycles. The first-order chi connectivity index (χ1) is 12.4. The highest BCUT2D eigenvalue weighted by molar-refractivity contribution is 5.89. The van der Waals surface area contributed by atoms with Crippen LogP contribution in [0.1, 0.15) is 59.3 Å². The van der Waals surface area contributed by atoms with E-state index in [1.807, 2.05) is 11.8 Å². The summed E-state index contributed by atoms with van der Waals surface area (Å²) in [6.45, 7) is 9.74. The van der Waals surface area contributed by atoms with Crippen LogP contribution in [0.4, 0.5) is 0 Å². The number of amides is 1. The quantitative estimate of drug-likeness (QED) is 0.777. The maximum atomic E-state index is 13.1. The van der Waals surface area contributed by atoms with Crippen LogP contribution in [-0.4, -0.2) is 67.6 Å². The Morgan fingerprint density at radius 2 is 1.92 bits per heavy atom. The van der Waals surface area contributed by atoms with Gasteiger partial charge >= 0.3 is 0 Å². The Balaban J connectivity index is 1.45. The van der Waals surface area contributed by atoms with Crippen LogP contribution in [0, 0.1) is 5.41 Å². The second-order valence-corrected chi connectivity index (χ2v) is 8.65. The number of rotatable bonds is 6. The Kier molecular flexibility index (Phi) is 6.27. The summed E-state index contributed by atoms with van der Waals surface area (Å²) in [5, 5.41) is 0. The lowest BCUT2D eigenvalue weighted by molar-refractivity contribution is -0.181. The Morgan fingerprint density at radius 3 is 2.50 bits per heavy atom. The van der Waals surface area contributed by atoms with Crippen LogP contribution in [0.15, 0.2) is 0 Å². The minimum absolute atomic E-state index is 0.0674. The molecule has 0 radical (unpaired) electrons. The maximum Gasteiger partial charge on any atom is 0.243 e. The molecule has 6 nitrogen and oxygen atoms in total. The molecule has 3 aliphatic rings. The van der Waals surface area contributed by atoms with E-state index in [-0.39, 0.29) is 29.6 Å². The van der Waals surface area contributed by atoms with E-state index in [1.54, 1.807) is 0 Å². The predicted molar refractivity (Wildman–Crippen MR) is 99.9 cm³/mol. The summed E-state index contributed by atoms with van der Waals surface area (Å²) in [5.74, 6) is 0.0764. The van der Waals surface area contributed by atoms with Crippen molar-refractivity contribution in [3.05, 3.63) is 0 Å². The standard InChI is InChI=1S/C20H36N2O4/c1-4-24-17-13-20(21,19(17,2)3)18(23)22-10-8-15(9-11-22)26-14-16-7-5-6-12-25-16/h15-17H,4-14,21H2,1-3H3. The molecule has 1 aliphatic carbocycles. The van der Waals surface area contributed by atoms with Gasteiger partial charge in [-0.1, -0.05) is 13.8 Å². The zero-order valence-corrected chi connectivity index (χ0v) is 16.7. The van der Waals surface area contributed by atoms with Crippen LogP contribution in [0.3, 0.4) is 0 Å². The van der Waals surface area contributed by atoms with E-state index in [4.69, 9.17) is 19.9 Å². The second-order valence-electron chi connectivity index (χ2n) is 8.65. The highest BCUT2D eigenvalue weighted by Gasteiger charge is 2.63. The van der Waals surface area contributed by atoms with Crippen LogP contribution in [0.25, 0.3) is 0 Å². The van der Waals surface area contributed by atoms with Gasteiger partial charge in [-0.25, -0.2) is 0 Å². The molecule has 1 saturated carbocycles. The molecule has 0 spiro atoms. The number of carbonyl (C=O) groups is 1. The molecule has 2 heterocycles. The van der Waals surface area contributed by atoms with Gasteiger partial charge in [0.15, 0.2) is 0 Å². The van der Waals surface area contributed by atoms with E-state index in [0.717, 1.165) is 39.0 Å². The smallest absolute Gasteiger partial charge is 0.243 e. The minimum Gasteiger partial charge on any atom is -0.378 e. The van der Waals surface area contributed by atoms with Gasteiger partial charge in [0.05, 0.1) is 24.9 Å². The summed E-state index contributed by atoms with van der Waals surface area (Å²) >= 11 is 0. The van der Waals surface area contributed by atoms with E-state index in [1.165, 1.54) is 12.8 Å². The van der Waals surface area contributed by atoms with Gasteiger partial charge in [-0.05, 0) is 39.0 Å². The van der Waals surface area contributed by atoms with Gasteiger partial charge in [-0.15, -0.1) is 0 Å². The van der Waals surface area contributed by atoms with Gasteiger partial charge in [0.1, 0.15) is 5.54 Å². The fourth-order valence-electron chi connectivity index (χ4n) is 4.49. The molecule has 2 N–H and O–H groups in total. The lowest BCUT2D eigenvalue weighted by atomic mass is 9.54. The molecule has 150 valence electrons. The molecule has 0 aromatic heterocycles. The molecule has 26 heavy (non-hydrogen) atoms. The van der Waals surface area contributed by atoms with E-state index in [2.05, 4.69) is 13.8 Å². The normalized spacial score (nSPS) is 35.2. The van der Waals surface area contributed by atoms with Crippen molar-refractivity contribution in [2.75, 3.05) is 32.9 Å². The van der Waals surface area contributed by atoms with Crippen molar-refractivity contribution >= 4 is 5.91 Å². The summed E-state index contributed by atoms with van der Waals surface area (Å²) in [4.78, 5) is 15.0. The van der Waals surface area contributed by atoms with Crippen molar-refractivity contribution in [3.63, 3.8) is 0 Å². The summed E-state index contributed by atoms with van der Waals surface area (Å²) < 4.78 is 17.5. The fourth-order valence-corrected chi connectivity index (χ4v) is 4.49. The first kappa shape index (κ1) is 20.1. The zero-order chi connectivity index (χ0) is 18.8. The second kappa shape index (κ2) is 8.13. The molecule has 6 heteroatoms. The van der Waals surface area contributed by atoms with Crippen molar-refractivity contribution in [3.8, 4) is 0 Å². The Hall–Kier alpha value is -0.690. The number of likely N-dealkylation sites (tertiary alicyclic amines) is 1. The Bertz CT molecular complexity index is 484. The average molecular weight is 369 g/mol. The third-order valence-electron chi connectivity index (χ3n) is 6.73. The molecular formula is C20H36N2O4. The van der Waals surface area contributed by atoms with Gasteiger partial charge in [0.25, 0.3) is 0 Å². The number of ether oxygens (including phenoxy) is 3. The van der Waals surface area contributed by atoms with Gasteiger partial charge in [0.2, 0.25) is 5.91 Å². The molecule has 0 aromatic rings. The van der Waals surface area contributed by atoms with Crippen LogP contribution >= 0.6 is 0 Å². The van der Waals surface area contributed by atoms with Crippen molar-refractivity contribution in [1.82, 2.24) is 4.90 Å². The molecule has 0 aromatic carbocycles. The summed E-state index contributed by atoms with van der Waals surface area (Å²) in [6, 6.07) is 0. The topological polar surface area (TPSA) is 74.0 Å². The fraction of sp³-hybridized carbons (Fsp3) is 0.950. The lowest BCUT2D eigenvalue weighted by Crippen LogP contribution is -2.76. The van der Waals surface area contributed by atoms with E-state index >= 15 is 0 Å². The number of nitrogens with two attached hydrogens (primary N) is 1. The number of piperidine rings is 1. The predicted octanol–water partition coefficient (Wildman–Crippen LogP) is 2.10. The number of carbonyl (C=O) groups excluding carboxylic acids is 1. The lowest BCUT2D eigenvalue weighted by Gasteiger charge is -2.59. The SMILES string of the molecule is CCOC1CC(N)(C(=O)N2CCC(OCC3CCCCO3)CC2)C1(C)C. The maximum absolute atomic E-state index is 13.1. The first-order valence-electron chi connectivity index (χ1n) is 10.3. The summed E-state index contributed by atoms with van der Waals surface area (Å²) in [6.07, 6.45) is 6.42. The molecule has 3 rings (SSSR count). The van der Waals surface area contributed by atoms with Crippen molar-refractivity contribution in [2.24, 2.45) is 11.1 Å². The van der Waals surface area contributed by atoms with Gasteiger partial charge < -0.3 is 24.8 Å². The Labute approximate surface area is 157 Å². The minimum atomic E-state index is -0.809.